The monoisotopic (exact) mass is 465 g/mol. The number of nitrogens with zero attached hydrogens (tertiary/aromatic N) is 2. The van der Waals surface area contributed by atoms with Crippen molar-refractivity contribution in [3.8, 4) is 0 Å². The predicted octanol–water partition coefficient (Wildman–Crippen LogP) is 3.36. The summed E-state index contributed by atoms with van der Waals surface area (Å²) in [6.07, 6.45) is 3.15. The highest BCUT2D eigenvalue weighted by atomic mass is 127. The second kappa shape index (κ2) is 7.79. The fourth-order valence-corrected chi connectivity index (χ4v) is 3.29. The third-order valence-electron chi connectivity index (χ3n) is 3.27. The maximum atomic E-state index is 12.4. The number of hydrogen-bond donors (Lipinski definition) is 1. The van der Waals surface area contributed by atoms with Crippen molar-refractivity contribution in [3.63, 3.8) is 0 Å². The van der Waals surface area contributed by atoms with Crippen LogP contribution in [0.4, 0.5) is 10.5 Å². The second-order valence-electron chi connectivity index (χ2n) is 5.08. The van der Waals surface area contributed by atoms with Gasteiger partial charge in [-0.15, -0.1) is 0 Å². The summed E-state index contributed by atoms with van der Waals surface area (Å²) in [6.45, 7) is -0.323. The molecule has 0 spiro atoms. The summed E-state index contributed by atoms with van der Waals surface area (Å²) in [5.41, 5.74) is 1.19. The van der Waals surface area contributed by atoms with Crippen LogP contribution < -0.4 is 5.32 Å². The lowest BCUT2D eigenvalue weighted by molar-refractivity contribution is -0.127. The van der Waals surface area contributed by atoms with Crippen LogP contribution in [0.25, 0.3) is 6.08 Å². The molecule has 0 atom stereocenters. The number of benzene rings is 1. The molecule has 1 fully saturated rings. The number of anilines is 1. The van der Waals surface area contributed by atoms with E-state index in [2.05, 4.69) is 32.9 Å². The number of halogens is 1. The quantitative estimate of drug-likeness (QED) is 0.554. The van der Waals surface area contributed by atoms with Crippen molar-refractivity contribution in [1.82, 2.24) is 9.88 Å². The Balaban J connectivity index is 1.67. The van der Waals surface area contributed by atoms with E-state index in [4.69, 9.17) is 0 Å². The number of carbonyl (C=O) groups excluding carboxylic acids is 3. The van der Waals surface area contributed by atoms with Crippen LogP contribution in [0.2, 0.25) is 0 Å². The zero-order chi connectivity index (χ0) is 17.8. The third-order valence-corrected chi connectivity index (χ3v) is 4.90. The van der Waals surface area contributed by atoms with Gasteiger partial charge >= 0.3 is 0 Å². The summed E-state index contributed by atoms with van der Waals surface area (Å²) in [4.78, 5) is 41.8. The van der Waals surface area contributed by atoms with Crippen molar-refractivity contribution in [2.75, 3.05) is 11.9 Å². The molecule has 1 aromatic heterocycles. The maximum Gasteiger partial charge on any atom is 0.294 e. The first-order chi connectivity index (χ1) is 12.0. The van der Waals surface area contributed by atoms with Gasteiger partial charge in [-0.3, -0.25) is 24.3 Å². The van der Waals surface area contributed by atoms with Crippen LogP contribution in [-0.4, -0.2) is 33.5 Å². The van der Waals surface area contributed by atoms with Gasteiger partial charge in [0.25, 0.3) is 11.1 Å². The van der Waals surface area contributed by atoms with Gasteiger partial charge in [-0.1, -0.05) is 6.07 Å². The third kappa shape index (κ3) is 4.45. The lowest BCUT2D eigenvalue weighted by Gasteiger charge is -2.12. The van der Waals surface area contributed by atoms with Crippen LogP contribution in [-0.2, 0) is 9.59 Å². The largest absolute Gasteiger partial charge is 0.325 e. The molecule has 25 heavy (non-hydrogen) atoms. The van der Waals surface area contributed by atoms with Gasteiger partial charge in [0.05, 0.1) is 10.6 Å². The zero-order valence-corrected chi connectivity index (χ0v) is 15.8. The first-order valence-corrected chi connectivity index (χ1v) is 9.14. The van der Waals surface area contributed by atoms with E-state index in [0.717, 1.165) is 20.2 Å². The average Bonchev–Trinajstić information content (AvgIpc) is 2.85. The minimum atomic E-state index is -0.488. The molecule has 0 radical (unpaired) electrons. The molecule has 3 rings (SSSR count). The normalized spacial score (nSPS) is 15.7. The zero-order valence-electron chi connectivity index (χ0n) is 12.8. The fraction of sp³-hybridized carbons (Fsp3) is 0.0588. The van der Waals surface area contributed by atoms with E-state index in [1.165, 1.54) is 0 Å². The molecule has 126 valence electrons. The van der Waals surface area contributed by atoms with Crippen LogP contribution in [0, 0.1) is 3.57 Å². The fourth-order valence-electron chi connectivity index (χ4n) is 2.11. The molecule has 1 aromatic carbocycles. The molecule has 3 amide bonds. The summed E-state index contributed by atoms with van der Waals surface area (Å²) in [7, 11) is 0. The molecule has 2 aromatic rings. The van der Waals surface area contributed by atoms with E-state index in [9.17, 15) is 14.4 Å². The Morgan fingerprint density at radius 1 is 1.20 bits per heavy atom. The highest BCUT2D eigenvalue weighted by molar-refractivity contribution is 14.1. The smallest absolute Gasteiger partial charge is 0.294 e. The molecule has 8 heteroatoms. The van der Waals surface area contributed by atoms with Crippen molar-refractivity contribution >= 4 is 63.2 Å². The van der Waals surface area contributed by atoms with E-state index in [1.54, 1.807) is 42.6 Å². The lowest BCUT2D eigenvalue weighted by atomic mass is 10.3. The molecule has 0 aliphatic carbocycles. The Morgan fingerprint density at radius 2 is 1.96 bits per heavy atom. The van der Waals surface area contributed by atoms with Gasteiger partial charge in [0.2, 0.25) is 5.91 Å². The van der Waals surface area contributed by atoms with E-state index in [0.29, 0.717) is 11.4 Å². The molecule has 0 saturated carbocycles. The van der Waals surface area contributed by atoms with E-state index >= 15 is 0 Å². The molecule has 0 unspecified atom stereocenters. The molecule has 2 heterocycles. The predicted molar refractivity (Wildman–Crippen MR) is 105 cm³/mol. The molecule has 1 saturated heterocycles. The Labute approximate surface area is 161 Å². The molecule has 1 aliphatic rings. The van der Waals surface area contributed by atoms with Gasteiger partial charge < -0.3 is 5.32 Å². The summed E-state index contributed by atoms with van der Waals surface area (Å²) >= 11 is 2.97. The number of amides is 3. The Bertz CT molecular complexity index is 853. The Hall–Kier alpha value is -2.20. The van der Waals surface area contributed by atoms with Gasteiger partial charge in [-0.25, -0.2) is 0 Å². The lowest BCUT2D eigenvalue weighted by Crippen LogP contribution is -2.36. The van der Waals surface area contributed by atoms with Gasteiger partial charge in [-0.2, -0.15) is 0 Å². The SMILES string of the molecule is O=C(CN1C(=O)S/C(=C\c2ccccn2)C1=O)Nc1ccc(I)cc1. The highest BCUT2D eigenvalue weighted by Gasteiger charge is 2.36. The number of carbonyl (C=O) groups is 3. The van der Waals surface area contributed by atoms with Gasteiger partial charge in [-0.05, 0) is 76.8 Å². The minimum absolute atomic E-state index is 0.255. The molecule has 1 N–H and O–H groups in total. The van der Waals surface area contributed by atoms with E-state index < -0.39 is 17.1 Å². The molecule has 1 aliphatic heterocycles. The van der Waals surface area contributed by atoms with Crippen molar-refractivity contribution in [2.24, 2.45) is 0 Å². The summed E-state index contributed by atoms with van der Waals surface area (Å²) in [6, 6.07) is 12.5. The van der Waals surface area contributed by atoms with E-state index in [-0.39, 0.29) is 11.4 Å². The minimum Gasteiger partial charge on any atom is -0.325 e. The standard InChI is InChI=1S/C17H12IN3O3S/c18-11-4-6-12(7-5-11)20-15(22)10-21-16(23)14(25-17(21)24)9-13-3-1-2-8-19-13/h1-9H,10H2,(H,20,22)/b14-9-. The average molecular weight is 465 g/mol. The number of thioether (sulfide) groups is 1. The van der Waals surface area contributed by atoms with Gasteiger partial charge in [0.1, 0.15) is 6.54 Å². The number of rotatable bonds is 4. The van der Waals surface area contributed by atoms with Crippen molar-refractivity contribution in [3.05, 3.63) is 62.8 Å². The summed E-state index contributed by atoms with van der Waals surface area (Å²) in [5, 5.41) is 2.20. The second-order valence-corrected chi connectivity index (χ2v) is 7.32. The number of imide groups is 1. The topological polar surface area (TPSA) is 79.4 Å². The Kier molecular flexibility index (Phi) is 5.49. The van der Waals surface area contributed by atoms with E-state index in [1.807, 2.05) is 12.1 Å². The summed E-state index contributed by atoms with van der Waals surface area (Å²) < 4.78 is 1.04. The van der Waals surface area contributed by atoms with Crippen LogP contribution in [0.3, 0.4) is 0 Å². The summed E-state index contributed by atoms with van der Waals surface area (Å²) in [5.74, 6) is -0.916. The number of hydrogen-bond acceptors (Lipinski definition) is 5. The highest BCUT2D eigenvalue weighted by Crippen LogP contribution is 2.31. The number of nitrogens with one attached hydrogen (secondary N) is 1. The van der Waals surface area contributed by atoms with Crippen LogP contribution in [0.1, 0.15) is 5.69 Å². The maximum absolute atomic E-state index is 12.4. The molecular formula is C17H12IN3O3S. The van der Waals surface area contributed by atoms with Gasteiger partial charge in [0.15, 0.2) is 0 Å². The van der Waals surface area contributed by atoms with Crippen LogP contribution >= 0.6 is 34.4 Å². The first kappa shape index (κ1) is 17.6. The van der Waals surface area contributed by atoms with Crippen LogP contribution in [0.5, 0.6) is 0 Å². The van der Waals surface area contributed by atoms with Crippen molar-refractivity contribution in [1.29, 1.82) is 0 Å². The molecular weight excluding hydrogens is 453 g/mol. The Morgan fingerprint density at radius 3 is 2.64 bits per heavy atom. The van der Waals surface area contributed by atoms with Gasteiger partial charge in [0, 0.05) is 15.5 Å². The molecule has 6 nitrogen and oxygen atoms in total. The van der Waals surface area contributed by atoms with Crippen LogP contribution in [0.15, 0.2) is 53.6 Å². The number of aromatic nitrogens is 1. The first-order valence-electron chi connectivity index (χ1n) is 7.25. The van der Waals surface area contributed by atoms with Crippen molar-refractivity contribution in [2.45, 2.75) is 0 Å². The van der Waals surface area contributed by atoms with Crippen molar-refractivity contribution < 1.29 is 14.4 Å². The molecule has 0 bridgehead atoms. The number of pyridine rings is 1.